The number of fused-ring (bicyclic) bond motifs is 1. The molecule has 104 valence electrons. The summed E-state index contributed by atoms with van der Waals surface area (Å²) in [5.74, 6) is 0.775. The highest BCUT2D eigenvalue weighted by Crippen LogP contribution is 2.29. The first-order chi connectivity index (χ1) is 9.65. The summed E-state index contributed by atoms with van der Waals surface area (Å²) in [5.41, 5.74) is 0.906. The fourth-order valence-corrected chi connectivity index (χ4v) is 2.61. The molecule has 0 N–H and O–H groups in total. The van der Waals surface area contributed by atoms with Crippen LogP contribution in [0.2, 0.25) is 0 Å². The standard InChI is InChI=1S/C16H16O4/c1-10-13(19-14-5-3-2-4-12(14)17)8-6-11-7-9-15(18)20-16(10)11/h6-9,14H,2-5H2,1H3. The Bertz CT molecular complexity index is 714. The van der Waals surface area contributed by atoms with Crippen molar-refractivity contribution in [1.82, 2.24) is 0 Å². The zero-order chi connectivity index (χ0) is 14.1. The molecule has 0 spiro atoms. The molecule has 0 amide bonds. The van der Waals surface area contributed by atoms with E-state index in [1.807, 2.05) is 19.1 Å². The molecule has 0 aliphatic heterocycles. The van der Waals surface area contributed by atoms with Gasteiger partial charge in [0.1, 0.15) is 11.3 Å². The number of benzene rings is 1. The van der Waals surface area contributed by atoms with Gasteiger partial charge in [0.05, 0.1) is 0 Å². The summed E-state index contributed by atoms with van der Waals surface area (Å²) in [6.45, 7) is 1.84. The van der Waals surface area contributed by atoms with Gasteiger partial charge < -0.3 is 9.15 Å². The minimum absolute atomic E-state index is 0.158. The quantitative estimate of drug-likeness (QED) is 0.789. The normalized spacial score (nSPS) is 19.2. The van der Waals surface area contributed by atoms with Crippen LogP contribution in [0.25, 0.3) is 11.0 Å². The van der Waals surface area contributed by atoms with Crippen LogP contribution in [0.5, 0.6) is 5.75 Å². The molecule has 1 aromatic carbocycles. The molecular formula is C16H16O4. The topological polar surface area (TPSA) is 56.5 Å². The second-order valence-electron chi connectivity index (χ2n) is 5.18. The minimum Gasteiger partial charge on any atom is -0.482 e. The number of ether oxygens (including phenoxy) is 1. The van der Waals surface area contributed by atoms with Crippen molar-refractivity contribution in [1.29, 1.82) is 0 Å². The van der Waals surface area contributed by atoms with E-state index in [4.69, 9.17) is 9.15 Å². The van der Waals surface area contributed by atoms with Crippen LogP contribution in [0.4, 0.5) is 0 Å². The molecule has 1 aliphatic carbocycles. The fraction of sp³-hybridized carbons (Fsp3) is 0.375. The second-order valence-corrected chi connectivity index (χ2v) is 5.18. The van der Waals surface area contributed by atoms with Gasteiger partial charge in [-0.25, -0.2) is 4.79 Å². The molecule has 20 heavy (non-hydrogen) atoms. The highest BCUT2D eigenvalue weighted by molar-refractivity contribution is 5.85. The Labute approximate surface area is 116 Å². The third kappa shape index (κ3) is 2.33. The maximum Gasteiger partial charge on any atom is 0.336 e. The molecule has 1 atom stereocenters. The smallest absolute Gasteiger partial charge is 0.336 e. The van der Waals surface area contributed by atoms with Gasteiger partial charge in [0.15, 0.2) is 11.9 Å². The van der Waals surface area contributed by atoms with Crippen molar-refractivity contribution in [3.63, 3.8) is 0 Å². The van der Waals surface area contributed by atoms with Crippen LogP contribution in [0.15, 0.2) is 33.5 Å². The number of carbonyl (C=O) groups excluding carboxylic acids is 1. The molecule has 3 rings (SSSR count). The monoisotopic (exact) mass is 272 g/mol. The van der Waals surface area contributed by atoms with E-state index in [1.54, 1.807) is 6.07 Å². The predicted octanol–water partition coefficient (Wildman–Crippen LogP) is 2.99. The van der Waals surface area contributed by atoms with E-state index in [0.29, 0.717) is 17.8 Å². The Hall–Kier alpha value is -2.10. The summed E-state index contributed by atoms with van der Waals surface area (Å²) in [4.78, 5) is 23.2. The van der Waals surface area contributed by atoms with E-state index in [1.165, 1.54) is 6.07 Å². The molecule has 4 heteroatoms. The lowest BCUT2D eigenvalue weighted by atomic mass is 9.96. The summed E-state index contributed by atoms with van der Waals surface area (Å²) in [6.07, 6.45) is 2.94. The van der Waals surface area contributed by atoms with Crippen molar-refractivity contribution >= 4 is 16.8 Å². The van der Waals surface area contributed by atoms with Crippen LogP contribution < -0.4 is 10.4 Å². The van der Waals surface area contributed by atoms with Gasteiger partial charge in [-0.1, -0.05) is 0 Å². The van der Waals surface area contributed by atoms with Gasteiger partial charge in [0, 0.05) is 23.4 Å². The Morgan fingerprint density at radius 3 is 2.75 bits per heavy atom. The van der Waals surface area contributed by atoms with Crippen LogP contribution in [0.3, 0.4) is 0 Å². The molecule has 1 unspecified atom stereocenters. The van der Waals surface area contributed by atoms with E-state index in [-0.39, 0.29) is 17.5 Å². The molecular weight excluding hydrogens is 256 g/mol. The van der Waals surface area contributed by atoms with Gasteiger partial charge in [-0.2, -0.15) is 0 Å². The summed E-state index contributed by atoms with van der Waals surface area (Å²) in [5, 5.41) is 0.851. The lowest BCUT2D eigenvalue weighted by Crippen LogP contribution is -2.30. The maximum atomic E-state index is 11.8. The number of hydrogen-bond acceptors (Lipinski definition) is 4. The van der Waals surface area contributed by atoms with Gasteiger partial charge in [0.25, 0.3) is 0 Å². The average Bonchev–Trinajstić information content (AvgIpc) is 2.45. The Kier molecular flexibility index (Phi) is 3.30. The van der Waals surface area contributed by atoms with Crippen LogP contribution in [-0.4, -0.2) is 11.9 Å². The summed E-state index contributed by atoms with van der Waals surface area (Å²) < 4.78 is 11.1. The molecule has 4 nitrogen and oxygen atoms in total. The van der Waals surface area contributed by atoms with Gasteiger partial charge in [-0.3, -0.25) is 4.79 Å². The molecule has 2 aromatic rings. The van der Waals surface area contributed by atoms with Crippen molar-refractivity contribution in [3.8, 4) is 5.75 Å². The highest BCUT2D eigenvalue weighted by Gasteiger charge is 2.24. The van der Waals surface area contributed by atoms with Crippen molar-refractivity contribution in [2.24, 2.45) is 0 Å². The molecule has 0 bridgehead atoms. The van der Waals surface area contributed by atoms with Crippen LogP contribution in [-0.2, 0) is 4.79 Å². The van der Waals surface area contributed by atoms with Crippen LogP contribution in [0.1, 0.15) is 31.2 Å². The number of carbonyl (C=O) groups is 1. The largest absolute Gasteiger partial charge is 0.482 e. The minimum atomic E-state index is -0.383. The first-order valence-corrected chi connectivity index (χ1v) is 6.88. The number of Topliss-reactive ketones (excluding diaryl/α,β-unsaturated/α-hetero) is 1. The summed E-state index contributed by atoms with van der Waals surface area (Å²) in [7, 11) is 0. The lowest BCUT2D eigenvalue weighted by Gasteiger charge is -2.22. The highest BCUT2D eigenvalue weighted by atomic mass is 16.5. The van der Waals surface area contributed by atoms with Crippen LogP contribution in [0, 0.1) is 6.92 Å². The Morgan fingerprint density at radius 1 is 1.15 bits per heavy atom. The van der Waals surface area contributed by atoms with Crippen molar-refractivity contribution < 1.29 is 13.9 Å². The van der Waals surface area contributed by atoms with Gasteiger partial charge in [0.2, 0.25) is 0 Å². The van der Waals surface area contributed by atoms with E-state index in [9.17, 15) is 9.59 Å². The fourth-order valence-electron chi connectivity index (χ4n) is 2.61. The number of ketones is 1. The van der Waals surface area contributed by atoms with E-state index in [0.717, 1.165) is 30.2 Å². The molecule has 1 aliphatic rings. The van der Waals surface area contributed by atoms with E-state index < -0.39 is 0 Å². The summed E-state index contributed by atoms with van der Waals surface area (Å²) >= 11 is 0. The van der Waals surface area contributed by atoms with Gasteiger partial charge >= 0.3 is 5.63 Å². The van der Waals surface area contributed by atoms with Crippen molar-refractivity contribution in [2.75, 3.05) is 0 Å². The Balaban J connectivity index is 1.97. The van der Waals surface area contributed by atoms with Crippen molar-refractivity contribution in [3.05, 3.63) is 40.2 Å². The van der Waals surface area contributed by atoms with E-state index >= 15 is 0 Å². The SMILES string of the molecule is Cc1c(OC2CCCCC2=O)ccc2ccc(=O)oc12. The van der Waals surface area contributed by atoms with Gasteiger partial charge in [-0.05, 0) is 44.4 Å². The van der Waals surface area contributed by atoms with Gasteiger partial charge in [-0.15, -0.1) is 0 Å². The molecule has 1 saturated carbocycles. The molecule has 1 fully saturated rings. The third-order valence-electron chi connectivity index (χ3n) is 3.76. The number of hydrogen-bond donors (Lipinski definition) is 0. The summed E-state index contributed by atoms with van der Waals surface area (Å²) in [6, 6.07) is 6.80. The number of rotatable bonds is 2. The third-order valence-corrected chi connectivity index (χ3v) is 3.76. The Morgan fingerprint density at radius 2 is 1.95 bits per heavy atom. The first kappa shape index (κ1) is 12.9. The number of aryl methyl sites for hydroxylation is 1. The predicted molar refractivity (Wildman–Crippen MR) is 75.1 cm³/mol. The maximum absolute atomic E-state index is 11.8. The van der Waals surface area contributed by atoms with E-state index in [2.05, 4.69) is 0 Å². The van der Waals surface area contributed by atoms with Crippen molar-refractivity contribution in [2.45, 2.75) is 38.7 Å². The average molecular weight is 272 g/mol. The molecule has 1 heterocycles. The van der Waals surface area contributed by atoms with Crippen LogP contribution >= 0.6 is 0 Å². The molecule has 1 aromatic heterocycles. The zero-order valence-corrected chi connectivity index (χ0v) is 11.3. The second kappa shape index (κ2) is 5.12. The molecule has 0 radical (unpaired) electrons. The zero-order valence-electron chi connectivity index (χ0n) is 11.3. The first-order valence-electron chi connectivity index (χ1n) is 6.88. The molecule has 0 saturated heterocycles. The lowest BCUT2D eigenvalue weighted by molar-refractivity contribution is -0.127.